The molecule has 0 radical (unpaired) electrons. The molecule has 0 atom stereocenters. The van der Waals surface area contributed by atoms with E-state index >= 15 is 0 Å². The van der Waals surface area contributed by atoms with E-state index in [-0.39, 0.29) is 11.4 Å². The maximum atomic E-state index is 12.1. The molecule has 1 heterocycles. The molecule has 0 amide bonds. The SMILES string of the molecule is Cc1ccc(S(=O)(=O)NCc2cccc(C)n2)cc1. The number of hydrogen-bond donors (Lipinski definition) is 1. The molecule has 2 aromatic rings. The van der Waals surface area contributed by atoms with Gasteiger partial charge in [0.05, 0.1) is 17.1 Å². The topological polar surface area (TPSA) is 59.1 Å². The summed E-state index contributed by atoms with van der Waals surface area (Å²) in [6.07, 6.45) is 0. The van der Waals surface area contributed by atoms with Crippen LogP contribution in [0.15, 0.2) is 47.4 Å². The Kier molecular flexibility index (Phi) is 3.97. The molecular formula is C14H16N2O2S. The fourth-order valence-electron chi connectivity index (χ4n) is 1.67. The fraction of sp³-hybridized carbons (Fsp3) is 0.214. The fourth-order valence-corrected chi connectivity index (χ4v) is 2.67. The highest BCUT2D eigenvalue weighted by Crippen LogP contribution is 2.10. The van der Waals surface area contributed by atoms with Crippen molar-refractivity contribution in [2.24, 2.45) is 0 Å². The molecule has 1 aromatic heterocycles. The molecule has 5 heteroatoms. The first-order valence-corrected chi connectivity index (χ1v) is 7.44. The van der Waals surface area contributed by atoms with Gasteiger partial charge >= 0.3 is 0 Å². The van der Waals surface area contributed by atoms with Crippen LogP contribution in [-0.4, -0.2) is 13.4 Å². The minimum absolute atomic E-state index is 0.192. The van der Waals surface area contributed by atoms with Gasteiger partial charge in [-0.15, -0.1) is 0 Å². The quantitative estimate of drug-likeness (QED) is 0.931. The van der Waals surface area contributed by atoms with E-state index in [9.17, 15) is 8.42 Å². The summed E-state index contributed by atoms with van der Waals surface area (Å²) in [5, 5.41) is 0. The van der Waals surface area contributed by atoms with Crippen LogP contribution in [0.4, 0.5) is 0 Å². The third-order valence-corrected chi connectivity index (χ3v) is 4.14. The highest BCUT2D eigenvalue weighted by Gasteiger charge is 2.13. The second kappa shape index (κ2) is 5.50. The summed E-state index contributed by atoms with van der Waals surface area (Å²) in [6, 6.07) is 12.3. The van der Waals surface area contributed by atoms with Gasteiger partial charge in [-0.3, -0.25) is 4.98 Å². The van der Waals surface area contributed by atoms with Gasteiger partial charge in [0, 0.05) is 5.69 Å². The molecule has 0 bridgehead atoms. The third-order valence-electron chi connectivity index (χ3n) is 2.72. The molecule has 1 aromatic carbocycles. The summed E-state index contributed by atoms with van der Waals surface area (Å²) in [5.74, 6) is 0. The minimum atomic E-state index is -3.48. The number of pyridine rings is 1. The molecule has 0 fully saturated rings. The lowest BCUT2D eigenvalue weighted by Crippen LogP contribution is -2.23. The lowest BCUT2D eigenvalue weighted by Gasteiger charge is -2.07. The van der Waals surface area contributed by atoms with Crippen molar-refractivity contribution in [3.05, 3.63) is 59.4 Å². The summed E-state index contributed by atoms with van der Waals surface area (Å²) < 4.78 is 26.7. The summed E-state index contributed by atoms with van der Waals surface area (Å²) in [7, 11) is -3.48. The molecule has 100 valence electrons. The van der Waals surface area contributed by atoms with E-state index in [0.29, 0.717) is 5.69 Å². The molecule has 19 heavy (non-hydrogen) atoms. The lowest BCUT2D eigenvalue weighted by molar-refractivity contribution is 0.580. The maximum absolute atomic E-state index is 12.1. The van der Waals surface area contributed by atoms with Gasteiger partial charge in [0.1, 0.15) is 0 Å². The molecule has 2 rings (SSSR count). The Morgan fingerprint density at radius 1 is 1.05 bits per heavy atom. The van der Waals surface area contributed by atoms with E-state index in [1.54, 1.807) is 30.3 Å². The van der Waals surface area contributed by atoms with Gasteiger partial charge in [0.15, 0.2) is 0 Å². The smallest absolute Gasteiger partial charge is 0.240 e. The van der Waals surface area contributed by atoms with Gasteiger partial charge in [0.2, 0.25) is 10.0 Å². The predicted molar refractivity (Wildman–Crippen MR) is 74.2 cm³/mol. The van der Waals surface area contributed by atoms with Gasteiger partial charge in [0.25, 0.3) is 0 Å². The zero-order chi connectivity index (χ0) is 13.9. The first kappa shape index (κ1) is 13.7. The van der Waals surface area contributed by atoms with Crippen LogP contribution in [0.1, 0.15) is 17.0 Å². The van der Waals surface area contributed by atoms with E-state index in [4.69, 9.17) is 0 Å². The molecule has 0 aliphatic carbocycles. The molecule has 1 N–H and O–H groups in total. The Morgan fingerprint density at radius 3 is 2.37 bits per heavy atom. The van der Waals surface area contributed by atoms with Crippen molar-refractivity contribution in [3.8, 4) is 0 Å². The average molecular weight is 276 g/mol. The molecular weight excluding hydrogens is 260 g/mol. The lowest BCUT2D eigenvalue weighted by atomic mass is 10.2. The Morgan fingerprint density at radius 2 is 1.74 bits per heavy atom. The molecule has 0 spiro atoms. The number of nitrogens with zero attached hydrogens (tertiary/aromatic N) is 1. The zero-order valence-corrected chi connectivity index (χ0v) is 11.7. The van der Waals surface area contributed by atoms with Crippen molar-refractivity contribution in [1.82, 2.24) is 9.71 Å². The summed E-state index contributed by atoms with van der Waals surface area (Å²) in [6.45, 7) is 3.98. The average Bonchev–Trinajstić information content (AvgIpc) is 2.37. The minimum Gasteiger partial charge on any atom is -0.257 e. The number of nitrogens with one attached hydrogen (secondary N) is 1. The second-order valence-corrected chi connectivity index (χ2v) is 6.17. The van der Waals surface area contributed by atoms with E-state index in [1.165, 1.54) is 0 Å². The Hall–Kier alpha value is -1.72. The van der Waals surface area contributed by atoms with Crippen LogP contribution >= 0.6 is 0 Å². The maximum Gasteiger partial charge on any atom is 0.240 e. The number of aromatic nitrogens is 1. The Labute approximate surface area is 113 Å². The predicted octanol–water partition coefficient (Wildman–Crippen LogP) is 2.18. The van der Waals surface area contributed by atoms with Crippen LogP contribution in [0, 0.1) is 13.8 Å². The number of rotatable bonds is 4. The highest BCUT2D eigenvalue weighted by atomic mass is 32.2. The van der Waals surface area contributed by atoms with Crippen LogP contribution in [0.5, 0.6) is 0 Å². The van der Waals surface area contributed by atoms with Crippen LogP contribution in [0.25, 0.3) is 0 Å². The van der Waals surface area contributed by atoms with Crippen LogP contribution in [0.2, 0.25) is 0 Å². The number of aryl methyl sites for hydroxylation is 2. The largest absolute Gasteiger partial charge is 0.257 e. The normalized spacial score (nSPS) is 11.5. The van der Waals surface area contributed by atoms with Crippen LogP contribution < -0.4 is 4.72 Å². The second-order valence-electron chi connectivity index (χ2n) is 4.41. The third kappa shape index (κ3) is 3.62. The molecule has 0 unspecified atom stereocenters. The number of hydrogen-bond acceptors (Lipinski definition) is 3. The van der Waals surface area contributed by atoms with E-state index in [1.807, 2.05) is 26.0 Å². The van der Waals surface area contributed by atoms with Crippen molar-refractivity contribution >= 4 is 10.0 Å². The first-order chi connectivity index (χ1) is 8.97. The van der Waals surface area contributed by atoms with Gasteiger partial charge in [-0.05, 0) is 38.1 Å². The van der Waals surface area contributed by atoms with Crippen molar-refractivity contribution in [3.63, 3.8) is 0 Å². The summed E-state index contributed by atoms with van der Waals surface area (Å²) in [4.78, 5) is 4.53. The van der Waals surface area contributed by atoms with Crippen LogP contribution in [-0.2, 0) is 16.6 Å². The highest BCUT2D eigenvalue weighted by molar-refractivity contribution is 7.89. The van der Waals surface area contributed by atoms with Crippen molar-refractivity contribution in [1.29, 1.82) is 0 Å². The van der Waals surface area contributed by atoms with E-state index in [2.05, 4.69) is 9.71 Å². The Balaban J connectivity index is 2.12. The molecule has 0 saturated carbocycles. The van der Waals surface area contributed by atoms with Gasteiger partial charge in [-0.25, -0.2) is 13.1 Å². The van der Waals surface area contributed by atoms with Gasteiger partial charge < -0.3 is 0 Å². The molecule has 4 nitrogen and oxygen atoms in total. The molecule has 0 aliphatic heterocycles. The first-order valence-electron chi connectivity index (χ1n) is 5.96. The van der Waals surface area contributed by atoms with E-state index < -0.39 is 10.0 Å². The monoisotopic (exact) mass is 276 g/mol. The van der Waals surface area contributed by atoms with Crippen molar-refractivity contribution in [2.75, 3.05) is 0 Å². The standard InChI is InChI=1S/C14H16N2O2S/c1-11-6-8-14(9-7-11)19(17,18)15-10-13-5-3-4-12(2)16-13/h3-9,15H,10H2,1-2H3. The van der Waals surface area contributed by atoms with Crippen molar-refractivity contribution in [2.45, 2.75) is 25.3 Å². The van der Waals surface area contributed by atoms with Crippen LogP contribution in [0.3, 0.4) is 0 Å². The summed E-state index contributed by atoms with van der Waals surface area (Å²) in [5.41, 5.74) is 2.60. The van der Waals surface area contributed by atoms with Crippen molar-refractivity contribution < 1.29 is 8.42 Å². The van der Waals surface area contributed by atoms with E-state index in [0.717, 1.165) is 11.3 Å². The van der Waals surface area contributed by atoms with Gasteiger partial charge in [-0.2, -0.15) is 0 Å². The molecule has 0 aliphatic rings. The number of benzene rings is 1. The van der Waals surface area contributed by atoms with Gasteiger partial charge in [-0.1, -0.05) is 23.8 Å². The Bertz CT molecular complexity index is 664. The summed E-state index contributed by atoms with van der Waals surface area (Å²) >= 11 is 0. The molecule has 0 saturated heterocycles. The zero-order valence-electron chi connectivity index (χ0n) is 10.9. The number of sulfonamides is 1.